The molecule has 0 radical (unpaired) electrons. The minimum atomic E-state index is -0.688. The number of rotatable bonds is 10. The zero-order chi connectivity index (χ0) is 22.2. The second-order valence-corrected chi connectivity index (χ2v) is 7.93. The molecule has 166 valence electrons. The highest BCUT2D eigenvalue weighted by molar-refractivity contribution is 6.01. The number of ether oxygens (including phenoxy) is 1. The first kappa shape index (κ1) is 22.0. The number of benzene rings is 3. The van der Waals surface area contributed by atoms with Crippen LogP contribution in [0.15, 0.2) is 90.1 Å². The molecule has 0 saturated carbocycles. The van der Waals surface area contributed by atoms with Gasteiger partial charge in [-0.2, -0.15) is 0 Å². The zero-order valence-corrected chi connectivity index (χ0v) is 17.8. The van der Waals surface area contributed by atoms with Crippen LogP contribution in [0.25, 0.3) is 0 Å². The van der Waals surface area contributed by atoms with Crippen molar-refractivity contribution in [3.63, 3.8) is 0 Å². The number of oxime groups is 1. The number of halogens is 1. The number of hydrogen-bond acceptors (Lipinski definition) is 5. The van der Waals surface area contributed by atoms with Crippen molar-refractivity contribution < 1.29 is 19.1 Å². The van der Waals surface area contributed by atoms with Crippen molar-refractivity contribution in [1.29, 1.82) is 0 Å². The van der Waals surface area contributed by atoms with Crippen molar-refractivity contribution in [2.24, 2.45) is 5.16 Å². The second kappa shape index (κ2) is 10.9. The molecule has 3 aromatic rings. The molecule has 6 heteroatoms. The van der Waals surface area contributed by atoms with Gasteiger partial charge in [-0.25, -0.2) is 4.39 Å². The molecule has 5 nitrogen and oxygen atoms in total. The standard InChI is InChI=1S/C26H27FN2O3/c27-22-13-11-20(12-14-22)16-29(17-23(30)19-31-24-9-5-2-6-10-24)18-25-15-26(28-32-25)21-7-3-1-4-8-21/h1-14,23,25,30H,15-19H2/t23-,25+/m0/s1. The Balaban J connectivity index is 1.36. The minimum Gasteiger partial charge on any atom is -0.491 e. The molecule has 0 saturated heterocycles. The fourth-order valence-electron chi connectivity index (χ4n) is 3.73. The molecule has 0 bridgehead atoms. The summed E-state index contributed by atoms with van der Waals surface area (Å²) in [5.41, 5.74) is 2.94. The van der Waals surface area contributed by atoms with Crippen LogP contribution in [-0.4, -0.2) is 47.6 Å². The van der Waals surface area contributed by atoms with Crippen molar-refractivity contribution in [2.45, 2.75) is 25.2 Å². The molecule has 1 N–H and O–H groups in total. The van der Waals surface area contributed by atoms with Crippen molar-refractivity contribution in [3.8, 4) is 5.75 Å². The third kappa shape index (κ3) is 6.39. The van der Waals surface area contributed by atoms with Crippen LogP contribution < -0.4 is 4.74 Å². The Hall–Kier alpha value is -3.22. The Morgan fingerprint density at radius 1 is 1.00 bits per heavy atom. The molecule has 1 heterocycles. The summed E-state index contributed by atoms with van der Waals surface area (Å²) in [6.07, 6.45) is -0.111. The molecular formula is C26H27FN2O3. The number of nitrogens with zero attached hydrogens (tertiary/aromatic N) is 2. The Morgan fingerprint density at radius 2 is 1.69 bits per heavy atom. The average molecular weight is 435 g/mol. The molecule has 1 aliphatic rings. The molecule has 32 heavy (non-hydrogen) atoms. The van der Waals surface area contributed by atoms with Crippen LogP contribution in [-0.2, 0) is 11.4 Å². The van der Waals surface area contributed by atoms with E-state index >= 15 is 0 Å². The van der Waals surface area contributed by atoms with Gasteiger partial charge in [-0.05, 0) is 35.4 Å². The van der Waals surface area contributed by atoms with E-state index in [1.54, 1.807) is 12.1 Å². The number of aliphatic hydroxyl groups is 1. The second-order valence-electron chi connectivity index (χ2n) is 7.93. The quantitative estimate of drug-likeness (QED) is 0.518. The summed E-state index contributed by atoms with van der Waals surface area (Å²) < 4.78 is 19.0. The predicted molar refractivity (Wildman–Crippen MR) is 122 cm³/mol. The van der Waals surface area contributed by atoms with Gasteiger partial charge in [-0.15, -0.1) is 0 Å². The van der Waals surface area contributed by atoms with Crippen molar-refractivity contribution >= 4 is 5.71 Å². The van der Waals surface area contributed by atoms with Crippen LogP contribution in [0.4, 0.5) is 4.39 Å². The molecule has 3 aromatic carbocycles. The van der Waals surface area contributed by atoms with Gasteiger partial charge in [0.15, 0.2) is 0 Å². The summed E-state index contributed by atoms with van der Waals surface area (Å²) in [4.78, 5) is 7.79. The average Bonchev–Trinajstić information content (AvgIpc) is 3.29. The van der Waals surface area contributed by atoms with Gasteiger partial charge >= 0.3 is 0 Å². The largest absolute Gasteiger partial charge is 0.491 e. The normalized spacial score (nSPS) is 16.5. The third-order valence-corrected chi connectivity index (χ3v) is 5.28. The van der Waals surface area contributed by atoms with Crippen LogP contribution in [0.1, 0.15) is 17.5 Å². The van der Waals surface area contributed by atoms with E-state index in [0.717, 1.165) is 22.6 Å². The van der Waals surface area contributed by atoms with Gasteiger partial charge in [0, 0.05) is 26.1 Å². The van der Waals surface area contributed by atoms with Crippen molar-refractivity contribution in [2.75, 3.05) is 19.7 Å². The number of aliphatic hydroxyl groups excluding tert-OH is 1. The smallest absolute Gasteiger partial charge is 0.145 e. The first-order valence-electron chi connectivity index (χ1n) is 10.8. The van der Waals surface area contributed by atoms with Gasteiger partial charge in [0.25, 0.3) is 0 Å². The molecule has 4 rings (SSSR count). The number of para-hydroxylation sites is 1. The van der Waals surface area contributed by atoms with E-state index in [-0.39, 0.29) is 18.5 Å². The van der Waals surface area contributed by atoms with Crippen LogP contribution in [0, 0.1) is 5.82 Å². The molecule has 2 atom stereocenters. The van der Waals surface area contributed by atoms with E-state index in [9.17, 15) is 9.50 Å². The molecular weight excluding hydrogens is 407 g/mol. The highest BCUT2D eigenvalue weighted by Crippen LogP contribution is 2.19. The van der Waals surface area contributed by atoms with E-state index in [1.807, 2.05) is 60.7 Å². The summed E-state index contributed by atoms with van der Waals surface area (Å²) in [6, 6.07) is 25.8. The molecule has 0 aliphatic carbocycles. The molecule has 0 amide bonds. The lowest BCUT2D eigenvalue weighted by Gasteiger charge is -2.27. The maximum absolute atomic E-state index is 13.3. The van der Waals surface area contributed by atoms with Crippen molar-refractivity contribution in [1.82, 2.24) is 4.90 Å². The highest BCUT2D eigenvalue weighted by Gasteiger charge is 2.26. The zero-order valence-electron chi connectivity index (χ0n) is 17.8. The SMILES string of the molecule is O[C@H](COc1ccccc1)CN(Cc1ccc(F)cc1)C[C@H]1CC(c2ccccc2)=NO1. The summed E-state index contributed by atoms with van der Waals surface area (Å²) in [5, 5.41) is 14.9. The minimum absolute atomic E-state index is 0.118. The fourth-order valence-corrected chi connectivity index (χ4v) is 3.73. The molecule has 0 spiro atoms. The maximum atomic E-state index is 13.3. The van der Waals surface area contributed by atoms with Gasteiger partial charge in [0.1, 0.15) is 30.4 Å². The van der Waals surface area contributed by atoms with Crippen molar-refractivity contribution in [3.05, 3.63) is 102 Å². The monoisotopic (exact) mass is 434 g/mol. The van der Waals surface area contributed by atoms with Crippen LogP contribution in [0.3, 0.4) is 0 Å². The predicted octanol–water partition coefficient (Wildman–Crippen LogP) is 4.26. The molecule has 1 aliphatic heterocycles. The summed E-state index contributed by atoms with van der Waals surface area (Å²) >= 11 is 0. The Kier molecular flexibility index (Phi) is 7.48. The number of hydrogen-bond donors (Lipinski definition) is 1. The van der Waals surface area contributed by atoms with Crippen LogP contribution in [0.2, 0.25) is 0 Å². The lowest BCUT2D eigenvalue weighted by Crippen LogP contribution is -2.39. The molecule has 0 unspecified atom stereocenters. The first-order chi connectivity index (χ1) is 15.7. The van der Waals surface area contributed by atoms with Gasteiger partial charge in [-0.1, -0.05) is 65.8 Å². The third-order valence-electron chi connectivity index (χ3n) is 5.28. The Bertz CT molecular complexity index is 997. The Morgan fingerprint density at radius 3 is 2.41 bits per heavy atom. The molecule has 0 aromatic heterocycles. The lowest BCUT2D eigenvalue weighted by atomic mass is 10.0. The van der Waals surface area contributed by atoms with E-state index in [0.29, 0.717) is 26.1 Å². The summed E-state index contributed by atoms with van der Waals surface area (Å²) in [6.45, 7) is 1.72. The van der Waals surface area contributed by atoms with Gasteiger partial charge in [-0.3, -0.25) is 4.90 Å². The maximum Gasteiger partial charge on any atom is 0.145 e. The van der Waals surface area contributed by atoms with Crippen LogP contribution >= 0.6 is 0 Å². The van der Waals surface area contributed by atoms with E-state index < -0.39 is 6.10 Å². The Labute approximate surface area is 187 Å². The summed E-state index contributed by atoms with van der Waals surface area (Å²) in [5.74, 6) is 0.452. The van der Waals surface area contributed by atoms with Gasteiger partial charge < -0.3 is 14.7 Å². The van der Waals surface area contributed by atoms with Crippen LogP contribution in [0.5, 0.6) is 5.75 Å². The van der Waals surface area contributed by atoms with Gasteiger partial charge in [0.05, 0.1) is 5.71 Å². The molecule has 0 fully saturated rings. The van der Waals surface area contributed by atoms with Gasteiger partial charge in [0.2, 0.25) is 0 Å². The summed E-state index contributed by atoms with van der Waals surface area (Å²) in [7, 11) is 0. The topological polar surface area (TPSA) is 54.3 Å². The van der Waals surface area contributed by atoms with E-state index in [4.69, 9.17) is 9.57 Å². The lowest BCUT2D eigenvalue weighted by molar-refractivity contribution is 0.0213. The highest BCUT2D eigenvalue weighted by atomic mass is 19.1. The van der Waals surface area contributed by atoms with E-state index in [2.05, 4.69) is 10.1 Å². The fraction of sp³-hybridized carbons (Fsp3) is 0.269. The first-order valence-corrected chi connectivity index (χ1v) is 10.8. The van der Waals surface area contributed by atoms with E-state index in [1.165, 1.54) is 12.1 Å².